The molecule has 1 N–H and O–H groups in total. The molecular weight excluding hydrogens is 452 g/mol. The van der Waals surface area contributed by atoms with Gasteiger partial charge in [-0.15, -0.1) is 0 Å². The molecule has 0 aromatic heterocycles. The zero-order chi connectivity index (χ0) is 24.5. The first-order chi connectivity index (χ1) is 16.9. The van der Waals surface area contributed by atoms with Gasteiger partial charge in [0.1, 0.15) is 18.8 Å². The van der Waals surface area contributed by atoms with E-state index in [0.29, 0.717) is 30.2 Å². The van der Waals surface area contributed by atoms with Crippen LogP contribution in [0.5, 0.6) is 5.75 Å². The maximum Gasteiger partial charge on any atom is 0.265 e. The van der Waals surface area contributed by atoms with Crippen molar-refractivity contribution in [1.29, 1.82) is 0 Å². The normalized spacial score (nSPS) is 17.1. The molecule has 0 unspecified atom stereocenters. The summed E-state index contributed by atoms with van der Waals surface area (Å²) in [5.41, 5.74) is 1.26. The van der Waals surface area contributed by atoms with Gasteiger partial charge in [-0.1, -0.05) is 12.1 Å². The third kappa shape index (κ3) is 4.34. The predicted molar refractivity (Wildman–Crippen MR) is 125 cm³/mol. The van der Waals surface area contributed by atoms with Crippen LogP contribution in [-0.2, 0) is 14.4 Å². The maximum absolute atomic E-state index is 12.8. The summed E-state index contributed by atoms with van der Waals surface area (Å²) in [6.07, 6.45) is 2.98. The van der Waals surface area contributed by atoms with Crippen molar-refractivity contribution in [3.8, 4) is 5.75 Å². The molecule has 10 heteroatoms. The zero-order valence-corrected chi connectivity index (χ0v) is 19.0. The van der Waals surface area contributed by atoms with Crippen LogP contribution in [0.4, 0.5) is 11.4 Å². The number of anilines is 2. The van der Waals surface area contributed by atoms with Gasteiger partial charge in [-0.2, -0.15) is 0 Å². The lowest BCUT2D eigenvalue weighted by molar-refractivity contribution is -0.132. The number of hydrogen-bond acceptors (Lipinski definition) is 6. The van der Waals surface area contributed by atoms with E-state index >= 15 is 0 Å². The van der Waals surface area contributed by atoms with E-state index in [4.69, 9.17) is 4.74 Å². The Hall–Kier alpha value is -4.21. The van der Waals surface area contributed by atoms with Crippen LogP contribution in [0.2, 0.25) is 0 Å². The minimum absolute atomic E-state index is 0.109. The molecule has 0 aliphatic carbocycles. The quantitative estimate of drug-likeness (QED) is 0.656. The molecule has 3 aliphatic rings. The number of fused-ring (bicyclic) bond motifs is 2. The highest BCUT2D eigenvalue weighted by molar-refractivity contribution is 6.22. The second kappa shape index (κ2) is 9.21. The van der Waals surface area contributed by atoms with Gasteiger partial charge in [0, 0.05) is 18.8 Å². The van der Waals surface area contributed by atoms with Crippen molar-refractivity contribution in [1.82, 2.24) is 9.80 Å². The Morgan fingerprint density at radius 2 is 1.54 bits per heavy atom. The summed E-state index contributed by atoms with van der Waals surface area (Å²) in [5.74, 6) is -1.67. The molecule has 0 radical (unpaired) electrons. The lowest BCUT2D eigenvalue weighted by Crippen LogP contribution is -2.47. The fraction of sp³-hybridized carbons (Fsp3) is 0.320. The number of carbonyl (C=O) groups excluding carboxylic acids is 5. The number of rotatable bonds is 5. The first-order valence-corrected chi connectivity index (χ1v) is 11.5. The molecule has 1 saturated heterocycles. The summed E-state index contributed by atoms with van der Waals surface area (Å²) in [5, 5.41) is 2.66. The average molecular weight is 476 g/mol. The minimum Gasteiger partial charge on any atom is -0.482 e. The van der Waals surface area contributed by atoms with Crippen LogP contribution < -0.4 is 15.0 Å². The number of hydrogen-bond donors (Lipinski definition) is 1. The molecule has 3 aliphatic heterocycles. The van der Waals surface area contributed by atoms with Crippen LogP contribution in [0.3, 0.4) is 0 Å². The molecule has 1 fully saturated rings. The molecule has 35 heavy (non-hydrogen) atoms. The Kier molecular flexibility index (Phi) is 5.94. The molecule has 0 saturated carbocycles. The molecular formula is C25H24N4O6. The van der Waals surface area contributed by atoms with Crippen molar-refractivity contribution in [2.45, 2.75) is 19.3 Å². The van der Waals surface area contributed by atoms with Gasteiger partial charge in [0.2, 0.25) is 11.8 Å². The van der Waals surface area contributed by atoms with Gasteiger partial charge in [-0.25, -0.2) is 0 Å². The zero-order valence-electron chi connectivity index (χ0n) is 19.0. The van der Waals surface area contributed by atoms with E-state index in [9.17, 15) is 24.0 Å². The second-order valence-corrected chi connectivity index (χ2v) is 8.68. The number of piperidine rings is 1. The van der Waals surface area contributed by atoms with Gasteiger partial charge in [0.15, 0.2) is 6.61 Å². The molecule has 3 heterocycles. The highest BCUT2D eigenvalue weighted by Crippen LogP contribution is 2.35. The number of nitrogens with one attached hydrogen (secondary N) is 1. The lowest BCUT2D eigenvalue weighted by atomic mass is 10.1. The van der Waals surface area contributed by atoms with Crippen LogP contribution in [0, 0.1) is 0 Å². The van der Waals surface area contributed by atoms with Crippen molar-refractivity contribution in [2.24, 2.45) is 0 Å². The van der Waals surface area contributed by atoms with E-state index in [0.717, 1.165) is 24.2 Å². The summed E-state index contributed by atoms with van der Waals surface area (Å²) in [7, 11) is 0. The summed E-state index contributed by atoms with van der Waals surface area (Å²) in [6.45, 7) is 0.625. The van der Waals surface area contributed by atoms with Crippen molar-refractivity contribution in [2.75, 3.05) is 43.0 Å². The standard InChI is InChI=1S/C25H24N4O6/c30-21(13-29-24(33)17-6-2-3-7-18(17)25(29)34)26-16-8-9-20-19(12-16)28(23(32)15-35-20)14-22(31)27-10-4-1-5-11-27/h2-3,6-9,12H,1,4-5,10-11,13-15H2,(H,26,30). The van der Waals surface area contributed by atoms with Gasteiger partial charge < -0.3 is 15.0 Å². The van der Waals surface area contributed by atoms with Crippen LogP contribution in [0.15, 0.2) is 42.5 Å². The van der Waals surface area contributed by atoms with E-state index in [1.165, 1.54) is 4.90 Å². The number of amides is 5. The third-order valence-corrected chi connectivity index (χ3v) is 6.37. The topological polar surface area (TPSA) is 116 Å². The van der Waals surface area contributed by atoms with Gasteiger partial charge in [-0.3, -0.25) is 33.8 Å². The summed E-state index contributed by atoms with van der Waals surface area (Å²) < 4.78 is 5.50. The largest absolute Gasteiger partial charge is 0.482 e. The molecule has 0 spiro atoms. The van der Waals surface area contributed by atoms with Crippen LogP contribution in [0.25, 0.3) is 0 Å². The van der Waals surface area contributed by atoms with Crippen LogP contribution in [0.1, 0.15) is 40.0 Å². The van der Waals surface area contributed by atoms with Gasteiger partial charge >= 0.3 is 0 Å². The molecule has 180 valence electrons. The number of ether oxygens (including phenoxy) is 1. The first-order valence-electron chi connectivity index (χ1n) is 11.5. The highest BCUT2D eigenvalue weighted by Gasteiger charge is 2.36. The highest BCUT2D eigenvalue weighted by atomic mass is 16.5. The Bertz CT molecular complexity index is 1200. The predicted octanol–water partition coefficient (Wildman–Crippen LogP) is 1.66. The summed E-state index contributed by atoms with van der Waals surface area (Å²) in [4.78, 5) is 67.1. The Morgan fingerprint density at radius 1 is 0.857 bits per heavy atom. The molecule has 5 rings (SSSR count). The molecule has 10 nitrogen and oxygen atoms in total. The summed E-state index contributed by atoms with van der Waals surface area (Å²) >= 11 is 0. The molecule has 5 amide bonds. The van der Waals surface area contributed by atoms with E-state index in [-0.39, 0.29) is 36.1 Å². The van der Waals surface area contributed by atoms with Crippen molar-refractivity contribution < 1.29 is 28.7 Å². The number of carbonyl (C=O) groups is 5. The molecule has 2 aromatic rings. The first kappa shape index (κ1) is 22.6. The fourth-order valence-electron chi connectivity index (χ4n) is 4.56. The monoisotopic (exact) mass is 476 g/mol. The van der Waals surface area contributed by atoms with Gasteiger partial charge in [0.05, 0.1) is 16.8 Å². The SMILES string of the molecule is O=C(CN1C(=O)c2ccccc2C1=O)Nc1ccc2c(c1)N(CC(=O)N1CCCCC1)C(=O)CO2. The van der Waals surface area contributed by atoms with E-state index < -0.39 is 24.3 Å². The van der Waals surface area contributed by atoms with E-state index in [1.807, 2.05) is 0 Å². The number of likely N-dealkylation sites (tertiary alicyclic amines) is 1. The smallest absolute Gasteiger partial charge is 0.265 e. The van der Waals surface area contributed by atoms with E-state index in [2.05, 4.69) is 5.32 Å². The van der Waals surface area contributed by atoms with Gasteiger partial charge in [-0.05, 0) is 49.6 Å². The molecule has 0 bridgehead atoms. The van der Waals surface area contributed by atoms with Crippen molar-refractivity contribution in [3.63, 3.8) is 0 Å². The van der Waals surface area contributed by atoms with Crippen LogP contribution >= 0.6 is 0 Å². The lowest BCUT2D eigenvalue weighted by Gasteiger charge is -2.33. The Balaban J connectivity index is 1.29. The van der Waals surface area contributed by atoms with Gasteiger partial charge in [0.25, 0.3) is 17.7 Å². The fourth-order valence-corrected chi connectivity index (χ4v) is 4.56. The Labute approximate surface area is 201 Å². The Morgan fingerprint density at radius 3 is 2.23 bits per heavy atom. The summed E-state index contributed by atoms with van der Waals surface area (Å²) in [6, 6.07) is 11.2. The minimum atomic E-state index is -0.571. The van der Waals surface area contributed by atoms with Crippen molar-refractivity contribution in [3.05, 3.63) is 53.6 Å². The number of benzene rings is 2. The maximum atomic E-state index is 12.8. The number of imide groups is 1. The van der Waals surface area contributed by atoms with Crippen molar-refractivity contribution >= 4 is 40.9 Å². The number of nitrogens with zero attached hydrogens (tertiary/aromatic N) is 3. The average Bonchev–Trinajstić information content (AvgIpc) is 3.11. The van der Waals surface area contributed by atoms with E-state index in [1.54, 1.807) is 47.4 Å². The third-order valence-electron chi connectivity index (χ3n) is 6.37. The second-order valence-electron chi connectivity index (χ2n) is 8.68. The molecule has 0 atom stereocenters. The van der Waals surface area contributed by atoms with Crippen LogP contribution in [-0.4, -0.2) is 72.1 Å². The molecule has 2 aromatic carbocycles.